The van der Waals surface area contributed by atoms with Gasteiger partial charge in [-0.2, -0.15) is 4.31 Å². The fourth-order valence-electron chi connectivity index (χ4n) is 1.56. The molecule has 1 aromatic carbocycles. The summed E-state index contributed by atoms with van der Waals surface area (Å²) in [5.74, 6) is -1.10. The van der Waals surface area contributed by atoms with Crippen LogP contribution >= 0.6 is 0 Å². The summed E-state index contributed by atoms with van der Waals surface area (Å²) in [4.78, 5) is 20.3. The lowest BCUT2D eigenvalue weighted by atomic mass is 10.3. The number of nitro groups is 1. The van der Waals surface area contributed by atoms with Gasteiger partial charge in [0.15, 0.2) is 0 Å². The first-order valence-corrected chi connectivity index (χ1v) is 7.19. The molecule has 0 aliphatic heterocycles. The van der Waals surface area contributed by atoms with Gasteiger partial charge < -0.3 is 5.11 Å². The van der Waals surface area contributed by atoms with Crippen LogP contribution in [-0.2, 0) is 14.8 Å². The summed E-state index contributed by atoms with van der Waals surface area (Å²) in [6.07, 6.45) is -0.306. The zero-order valence-corrected chi connectivity index (χ0v) is 11.5. The normalized spacial score (nSPS) is 11.5. The van der Waals surface area contributed by atoms with Crippen LogP contribution in [0.25, 0.3) is 0 Å². The van der Waals surface area contributed by atoms with Gasteiger partial charge in [0.05, 0.1) is 16.2 Å². The highest BCUT2D eigenvalue weighted by Crippen LogP contribution is 2.19. The van der Waals surface area contributed by atoms with Crippen LogP contribution in [0.4, 0.5) is 5.69 Å². The number of hydrogen-bond donors (Lipinski definition) is 1. The zero-order valence-electron chi connectivity index (χ0n) is 10.7. The van der Waals surface area contributed by atoms with Crippen LogP contribution in [0.15, 0.2) is 29.2 Å². The maximum absolute atomic E-state index is 12.2. The van der Waals surface area contributed by atoms with Gasteiger partial charge in [0.2, 0.25) is 10.0 Å². The monoisotopic (exact) mass is 302 g/mol. The lowest BCUT2D eigenvalue weighted by Gasteiger charge is -2.19. The molecule has 0 aromatic heterocycles. The van der Waals surface area contributed by atoms with Gasteiger partial charge in [0.1, 0.15) is 0 Å². The second-order valence-corrected chi connectivity index (χ2v) is 5.83. The average molecular weight is 302 g/mol. The number of sulfonamides is 1. The number of carboxylic acid groups (broad SMARTS) is 1. The second-order valence-electron chi connectivity index (χ2n) is 3.89. The second kappa shape index (κ2) is 6.44. The topological polar surface area (TPSA) is 118 Å². The minimum atomic E-state index is -3.84. The summed E-state index contributed by atoms with van der Waals surface area (Å²) in [5.41, 5.74) is -0.211. The SMILES string of the molecule is CCN(CCC(=O)O)S(=O)(=O)c1ccc([N+](=O)[O-])cc1. The van der Waals surface area contributed by atoms with E-state index in [1.54, 1.807) is 6.92 Å². The summed E-state index contributed by atoms with van der Waals surface area (Å²) in [5, 5.41) is 19.1. The number of benzene rings is 1. The van der Waals surface area contributed by atoms with E-state index in [4.69, 9.17) is 5.11 Å². The Labute approximate surface area is 115 Å². The van der Waals surface area contributed by atoms with Crippen molar-refractivity contribution in [3.05, 3.63) is 34.4 Å². The first-order chi connectivity index (χ1) is 9.28. The van der Waals surface area contributed by atoms with Crippen LogP contribution in [0, 0.1) is 10.1 Å². The van der Waals surface area contributed by atoms with Gasteiger partial charge in [-0.3, -0.25) is 14.9 Å². The molecule has 20 heavy (non-hydrogen) atoms. The van der Waals surface area contributed by atoms with E-state index in [-0.39, 0.29) is 30.1 Å². The molecule has 0 radical (unpaired) electrons. The number of aliphatic carboxylic acids is 1. The molecule has 0 amide bonds. The molecule has 8 nitrogen and oxygen atoms in total. The Morgan fingerprint density at radius 1 is 1.35 bits per heavy atom. The van der Waals surface area contributed by atoms with Crippen LogP contribution in [0.3, 0.4) is 0 Å². The van der Waals surface area contributed by atoms with Crippen molar-refractivity contribution < 1.29 is 23.2 Å². The van der Waals surface area contributed by atoms with Crippen LogP contribution < -0.4 is 0 Å². The predicted molar refractivity (Wildman–Crippen MR) is 69.8 cm³/mol. The van der Waals surface area contributed by atoms with Gasteiger partial charge in [-0.1, -0.05) is 6.92 Å². The van der Waals surface area contributed by atoms with Gasteiger partial charge in [-0.25, -0.2) is 8.42 Å². The number of nitro benzene ring substituents is 1. The molecule has 0 aliphatic carbocycles. The fourth-order valence-corrected chi connectivity index (χ4v) is 3.01. The Morgan fingerprint density at radius 2 is 1.90 bits per heavy atom. The van der Waals surface area contributed by atoms with Crippen molar-refractivity contribution in [2.24, 2.45) is 0 Å². The zero-order chi connectivity index (χ0) is 15.3. The standard InChI is InChI=1S/C11H14N2O6S/c1-2-12(8-7-11(14)15)20(18,19)10-5-3-9(4-6-10)13(16)17/h3-6H,2,7-8H2,1H3,(H,14,15). The maximum Gasteiger partial charge on any atom is 0.304 e. The van der Waals surface area contributed by atoms with Gasteiger partial charge >= 0.3 is 5.97 Å². The summed E-state index contributed by atoms with van der Waals surface area (Å²) < 4.78 is 25.5. The molecule has 1 aromatic rings. The van der Waals surface area contributed by atoms with E-state index in [9.17, 15) is 23.3 Å². The maximum atomic E-state index is 12.2. The molecule has 0 spiro atoms. The molecule has 9 heteroatoms. The van der Waals surface area contributed by atoms with Gasteiger partial charge in [0.25, 0.3) is 5.69 Å². The number of rotatable bonds is 7. The third-order valence-corrected chi connectivity index (χ3v) is 4.60. The molecule has 0 heterocycles. The molecule has 0 bridgehead atoms. The van der Waals surface area contributed by atoms with Crippen LogP contribution in [0.5, 0.6) is 0 Å². The number of hydrogen-bond acceptors (Lipinski definition) is 5. The van der Waals surface area contributed by atoms with Crippen LogP contribution in [0.2, 0.25) is 0 Å². The summed E-state index contributed by atoms with van der Waals surface area (Å²) in [7, 11) is -3.84. The number of nitrogens with zero attached hydrogens (tertiary/aromatic N) is 2. The lowest BCUT2D eigenvalue weighted by molar-refractivity contribution is -0.384. The first-order valence-electron chi connectivity index (χ1n) is 5.75. The van der Waals surface area contributed by atoms with E-state index >= 15 is 0 Å². The Balaban J connectivity index is 3.01. The largest absolute Gasteiger partial charge is 0.481 e. The molecule has 0 unspecified atom stereocenters. The molecule has 0 saturated heterocycles. The quantitative estimate of drug-likeness (QED) is 0.594. The molecular formula is C11H14N2O6S. The third-order valence-electron chi connectivity index (χ3n) is 2.61. The van der Waals surface area contributed by atoms with Crippen LogP contribution in [0.1, 0.15) is 13.3 Å². The van der Waals surface area contributed by atoms with Crippen molar-refractivity contribution >= 4 is 21.7 Å². The van der Waals surface area contributed by atoms with Crippen molar-refractivity contribution in [1.82, 2.24) is 4.31 Å². The number of carbonyl (C=O) groups is 1. The Kier molecular flexibility index (Phi) is 5.17. The molecule has 0 aliphatic rings. The van der Waals surface area contributed by atoms with Gasteiger partial charge in [-0.15, -0.1) is 0 Å². The summed E-state index contributed by atoms with van der Waals surface area (Å²) >= 11 is 0. The highest BCUT2D eigenvalue weighted by atomic mass is 32.2. The van der Waals surface area contributed by atoms with E-state index in [1.807, 2.05) is 0 Å². The molecule has 0 saturated carbocycles. The summed E-state index contributed by atoms with van der Waals surface area (Å²) in [6.45, 7) is 1.56. The molecule has 1 rings (SSSR count). The van der Waals surface area contributed by atoms with Crippen molar-refractivity contribution in [2.75, 3.05) is 13.1 Å². The van der Waals surface area contributed by atoms with Gasteiger partial charge in [0, 0.05) is 25.2 Å². The van der Waals surface area contributed by atoms with Crippen molar-refractivity contribution in [2.45, 2.75) is 18.2 Å². The van der Waals surface area contributed by atoms with Crippen molar-refractivity contribution in [1.29, 1.82) is 0 Å². The molecule has 110 valence electrons. The van der Waals surface area contributed by atoms with Crippen molar-refractivity contribution in [3.63, 3.8) is 0 Å². The van der Waals surface area contributed by atoms with Crippen molar-refractivity contribution in [3.8, 4) is 0 Å². The van der Waals surface area contributed by atoms with E-state index in [0.717, 1.165) is 28.6 Å². The van der Waals surface area contributed by atoms with E-state index in [1.165, 1.54) is 0 Å². The molecular weight excluding hydrogens is 288 g/mol. The van der Waals surface area contributed by atoms with E-state index < -0.39 is 20.9 Å². The molecule has 1 N–H and O–H groups in total. The van der Waals surface area contributed by atoms with E-state index in [0.29, 0.717) is 0 Å². The minimum absolute atomic E-state index is 0.102. The van der Waals surface area contributed by atoms with Gasteiger partial charge in [-0.05, 0) is 12.1 Å². The summed E-state index contributed by atoms with van der Waals surface area (Å²) in [6, 6.07) is 4.46. The minimum Gasteiger partial charge on any atom is -0.481 e. The number of carboxylic acids is 1. The first kappa shape index (κ1) is 16.1. The average Bonchev–Trinajstić information content (AvgIpc) is 2.38. The highest BCUT2D eigenvalue weighted by Gasteiger charge is 2.24. The smallest absolute Gasteiger partial charge is 0.304 e. The Hall–Kier alpha value is -2.00. The number of non-ortho nitro benzene ring substituents is 1. The lowest BCUT2D eigenvalue weighted by Crippen LogP contribution is -2.32. The Bertz CT molecular complexity index is 596. The predicted octanol–water partition coefficient (Wildman–Crippen LogP) is 1.08. The molecule has 0 atom stereocenters. The van der Waals surface area contributed by atoms with E-state index in [2.05, 4.69) is 0 Å². The highest BCUT2D eigenvalue weighted by molar-refractivity contribution is 7.89. The fraction of sp³-hybridized carbons (Fsp3) is 0.364. The third kappa shape index (κ3) is 3.75. The van der Waals surface area contributed by atoms with Crippen LogP contribution in [-0.4, -0.2) is 41.8 Å². The molecule has 0 fully saturated rings. The Morgan fingerprint density at radius 3 is 2.30 bits per heavy atom.